The lowest BCUT2D eigenvalue weighted by atomic mass is 10.0. The largest absolute Gasteiger partial charge is 0.447 e. The molecule has 1 aromatic carbocycles. The summed E-state index contributed by atoms with van der Waals surface area (Å²) in [6, 6.07) is 7.81. The van der Waals surface area contributed by atoms with Crippen molar-refractivity contribution in [1.29, 1.82) is 0 Å². The van der Waals surface area contributed by atoms with Crippen LogP contribution >= 0.6 is 0 Å². The van der Waals surface area contributed by atoms with Gasteiger partial charge in [-0.3, -0.25) is 4.90 Å². The maximum atomic E-state index is 12.1. The minimum absolute atomic E-state index is 0.149. The Kier molecular flexibility index (Phi) is 5.03. The summed E-state index contributed by atoms with van der Waals surface area (Å²) in [6.07, 6.45) is -0.505. The molecule has 1 N–H and O–H groups in total. The van der Waals surface area contributed by atoms with Crippen LogP contribution in [0.5, 0.6) is 0 Å². The Morgan fingerprint density at radius 2 is 2.00 bits per heavy atom. The molecule has 0 aromatic heterocycles. The highest BCUT2D eigenvalue weighted by molar-refractivity contribution is 6.74. The van der Waals surface area contributed by atoms with Crippen LogP contribution in [0.25, 0.3) is 5.57 Å². The molecule has 0 saturated carbocycles. The third-order valence-electron chi connectivity index (χ3n) is 5.82. The summed E-state index contributed by atoms with van der Waals surface area (Å²) in [6.45, 7) is 12.6. The van der Waals surface area contributed by atoms with E-state index in [1.165, 1.54) is 0 Å². The normalized spacial score (nSPS) is 20.6. The minimum atomic E-state index is -1.84. The van der Waals surface area contributed by atoms with Gasteiger partial charge in [0, 0.05) is 6.61 Å². The molecule has 6 heteroatoms. The third kappa shape index (κ3) is 3.33. The van der Waals surface area contributed by atoms with Crippen LogP contribution in [-0.4, -0.2) is 44.2 Å². The molecular formula is C20H29NO4Si. The van der Waals surface area contributed by atoms with E-state index < -0.39 is 14.4 Å². The number of nitrogens with zero attached hydrogens (tertiary/aromatic N) is 1. The van der Waals surface area contributed by atoms with Crippen LogP contribution in [0.3, 0.4) is 0 Å². The fourth-order valence-corrected chi connectivity index (χ4v) is 4.32. The van der Waals surface area contributed by atoms with Crippen LogP contribution < -0.4 is 0 Å². The second-order valence-corrected chi connectivity index (χ2v) is 13.3. The molecule has 0 radical (unpaired) electrons. The molecule has 26 heavy (non-hydrogen) atoms. The van der Waals surface area contributed by atoms with Crippen molar-refractivity contribution < 1.29 is 19.1 Å². The number of aliphatic hydroxyl groups is 1. The van der Waals surface area contributed by atoms with Crippen LogP contribution in [0.15, 0.2) is 30.0 Å². The number of benzene rings is 1. The predicted molar refractivity (Wildman–Crippen MR) is 104 cm³/mol. The van der Waals surface area contributed by atoms with Crippen LogP contribution in [0.4, 0.5) is 4.79 Å². The summed E-state index contributed by atoms with van der Waals surface area (Å²) in [5, 5.41) is 11.0. The second-order valence-electron chi connectivity index (χ2n) is 8.48. The van der Waals surface area contributed by atoms with Gasteiger partial charge < -0.3 is 14.3 Å². The van der Waals surface area contributed by atoms with E-state index in [0.29, 0.717) is 31.9 Å². The molecule has 1 heterocycles. The molecule has 1 aromatic rings. The number of hydrogen-bond donors (Lipinski definition) is 1. The lowest BCUT2D eigenvalue weighted by Gasteiger charge is -2.36. The number of carbonyl (C=O) groups is 1. The topological polar surface area (TPSA) is 59.0 Å². The Labute approximate surface area is 156 Å². The molecule has 0 spiro atoms. The smallest absolute Gasteiger partial charge is 0.414 e. The summed E-state index contributed by atoms with van der Waals surface area (Å²) >= 11 is 0. The predicted octanol–water partition coefficient (Wildman–Crippen LogP) is 4.31. The highest BCUT2D eigenvalue weighted by Gasteiger charge is 2.39. The molecule has 1 aliphatic carbocycles. The van der Waals surface area contributed by atoms with Crippen molar-refractivity contribution in [3.8, 4) is 0 Å². The summed E-state index contributed by atoms with van der Waals surface area (Å²) in [5.74, 6) is 0. The van der Waals surface area contributed by atoms with Crippen LogP contribution in [-0.2, 0) is 9.16 Å². The van der Waals surface area contributed by atoms with E-state index in [9.17, 15) is 9.90 Å². The Morgan fingerprint density at radius 1 is 1.31 bits per heavy atom. The van der Waals surface area contributed by atoms with E-state index in [-0.39, 0.29) is 11.1 Å². The Hall–Kier alpha value is -1.63. The van der Waals surface area contributed by atoms with E-state index in [1.54, 1.807) is 4.90 Å². The molecule has 1 saturated heterocycles. The highest BCUT2D eigenvalue weighted by atomic mass is 28.4. The first-order valence-electron chi connectivity index (χ1n) is 9.22. The number of ether oxygens (including phenoxy) is 1. The quantitative estimate of drug-likeness (QED) is 0.779. The van der Waals surface area contributed by atoms with Gasteiger partial charge in [-0.2, -0.15) is 0 Å². The number of amides is 1. The molecule has 1 fully saturated rings. The molecule has 1 unspecified atom stereocenters. The number of cyclic esters (lactones) is 1. The fraction of sp³-hybridized carbons (Fsp3) is 0.550. The van der Waals surface area contributed by atoms with Crippen molar-refractivity contribution in [2.24, 2.45) is 0 Å². The lowest BCUT2D eigenvalue weighted by Crippen LogP contribution is -2.41. The number of aliphatic hydroxyl groups excluding tert-OH is 1. The van der Waals surface area contributed by atoms with Crippen LogP contribution in [0, 0.1) is 0 Å². The Morgan fingerprint density at radius 3 is 2.62 bits per heavy atom. The zero-order chi connectivity index (χ0) is 19.1. The van der Waals surface area contributed by atoms with E-state index in [1.807, 2.05) is 24.3 Å². The van der Waals surface area contributed by atoms with E-state index in [4.69, 9.17) is 9.16 Å². The van der Waals surface area contributed by atoms with E-state index in [2.05, 4.69) is 33.9 Å². The zero-order valence-electron chi connectivity index (χ0n) is 16.3. The number of fused-ring (bicyclic) bond motifs is 1. The average Bonchev–Trinajstić information content (AvgIpc) is 3.09. The summed E-state index contributed by atoms with van der Waals surface area (Å²) in [7, 11) is -1.84. The van der Waals surface area contributed by atoms with Crippen molar-refractivity contribution in [3.63, 3.8) is 0 Å². The fourth-order valence-electron chi connectivity index (χ4n) is 3.27. The Balaban J connectivity index is 1.87. The van der Waals surface area contributed by atoms with Gasteiger partial charge in [-0.1, -0.05) is 45.0 Å². The molecule has 5 nitrogen and oxygen atoms in total. The first kappa shape index (κ1) is 19.1. The van der Waals surface area contributed by atoms with Gasteiger partial charge in [-0.15, -0.1) is 0 Å². The molecule has 1 amide bonds. The summed E-state index contributed by atoms with van der Waals surface area (Å²) < 4.78 is 11.4. The van der Waals surface area contributed by atoms with Crippen molar-refractivity contribution >= 4 is 20.0 Å². The summed E-state index contributed by atoms with van der Waals surface area (Å²) in [4.78, 5) is 13.7. The lowest BCUT2D eigenvalue weighted by molar-refractivity contribution is 0.148. The molecule has 1 aliphatic heterocycles. The van der Waals surface area contributed by atoms with Crippen LogP contribution in [0.2, 0.25) is 18.1 Å². The standard InChI is InChI=1S/C20H29NO4Si/c1-20(2,3)26(4,5)25-12-10-15-14-8-6-7-9-16(14)18(22)17(15)21-11-13-24-19(21)23/h6-9,18,22H,10-13H2,1-5H3. The molecule has 142 valence electrons. The monoisotopic (exact) mass is 375 g/mol. The van der Waals surface area contributed by atoms with Crippen molar-refractivity contribution in [2.75, 3.05) is 19.8 Å². The molecule has 2 aliphatic rings. The number of carbonyl (C=O) groups excluding carboxylic acids is 1. The first-order chi connectivity index (χ1) is 12.1. The zero-order valence-corrected chi connectivity index (χ0v) is 17.3. The van der Waals surface area contributed by atoms with Crippen molar-refractivity contribution in [2.45, 2.75) is 51.4 Å². The molecular weight excluding hydrogens is 346 g/mol. The third-order valence-corrected chi connectivity index (χ3v) is 10.4. The maximum Gasteiger partial charge on any atom is 0.414 e. The molecule has 1 atom stereocenters. The first-order valence-corrected chi connectivity index (χ1v) is 12.1. The van der Waals surface area contributed by atoms with Gasteiger partial charge in [-0.25, -0.2) is 4.79 Å². The van der Waals surface area contributed by atoms with E-state index in [0.717, 1.165) is 16.7 Å². The number of hydrogen-bond acceptors (Lipinski definition) is 4. The van der Waals surface area contributed by atoms with Crippen molar-refractivity contribution in [3.05, 3.63) is 41.1 Å². The van der Waals surface area contributed by atoms with Gasteiger partial charge in [0.1, 0.15) is 12.7 Å². The molecule has 3 rings (SSSR count). The number of rotatable bonds is 5. The second kappa shape index (κ2) is 6.83. The van der Waals surface area contributed by atoms with Gasteiger partial charge in [0.2, 0.25) is 0 Å². The van der Waals surface area contributed by atoms with Crippen LogP contribution in [0.1, 0.15) is 44.4 Å². The average molecular weight is 376 g/mol. The minimum Gasteiger partial charge on any atom is -0.447 e. The molecule has 0 bridgehead atoms. The highest BCUT2D eigenvalue weighted by Crippen LogP contribution is 2.44. The van der Waals surface area contributed by atoms with Gasteiger partial charge >= 0.3 is 6.09 Å². The van der Waals surface area contributed by atoms with Crippen molar-refractivity contribution in [1.82, 2.24) is 4.90 Å². The van der Waals surface area contributed by atoms with E-state index >= 15 is 0 Å². The van der Waals surface area contributed by atoms with Gasteiger partial charge in [0.05, 0.1) is 12.2 Å². The summed E-state index contributed by atoms with van der Waals surface area (Å²) in [5.41, 5.74) is 3.51. The SMILES string of the molecule is CC(C)(C)[Si](C)(C)OCCC1=C(N2CCOC2=O)C(O)c2ccccc21. The van der Waals surface area contributed by atoms with Gasteiger partial charge in [0.25, 0.3) is 0 Å². The van der Waals surface area contributed by atoms with Gasteiger partial charge in [-0.05, 0) is 41.3 Å². The maximum absolute atomic E-state index is 12.1. The van der Waals surface area contributed by atoms with Gasteiger partial charge in [0.15, 0.2) is 8.32 Å². The Bertz CT molecular complexity index is 736.